The van der Waals surface area contributed by atoms with E-state index in [1.54, 1.807) is 0 Å². The molecule has 1 aromatic carbocycles. The first-order chi connectivity index (χ1) is 10.6. The number of aliphatic carboxylic acids is 1. The predicted molar refractivity (Wildman–Crippen MR) is 85.1 cm³/mol. The minimum atomic E-state index is -3.36. The molecule has 1 aliphatic rings. The molecule has 0 unspecified atom stereocenters. The summed E-state index contributed by atoms with van der Waals surface area (Å²) in [5.74, 6) is -1.70. The molecule has 1 fully saturated rings. The summed E-state index contributed by atoms with van der Waals surface area (Å²) >= 11 is 0. The van der Waals surface area contributed by atoms with Gasteiger partial charge in [0.25, 0.3) is 5.91 Å². The fraction of sp³-hybridized carbons (Fsp3) is 0.500. The van der Waals surface area contributed by atoms with Gasteiger partial charge in [0.2, 0.25) is 0 Å². The Hall–Kier alpha value is -1.89. The number of hydrogen-bond acceptors (Lipinski definition) is 4. The minimum Gasteiger partial charge on any atom is -0.480 e. The van der Waals surface area contributed by atoms with Crippen LogP contribution >= 0.6 is 0 Å². The topological polar surface area (TPSA) is 101 Å². The number of hydrogen-bond donors (Lipinski definition) is 2. The maximum atomic E-state index is 12.5. The summed E-state index contributed by atoms with van der Waals surface area (Å²) in [5.41, 5.74) is -1.17. The average Bonchev–Trinajstić information content (AvgIpc) is 3.01. The van der Waals surface area contributed by atoms with Gasteiger partial charge in [-0.15, -0.1) is 0 Å². The van der Waals surface area contributed by atoms with E-state index in [-0.39, 0.29) is 15.7 Å². The molecule has 1 amide bonds. The molecule has 1 saturated carbocycles. The molecule has 1 aromatic rings. The van der Waals surface area contributed by atoms with Gasteiger partial charge >= 0.3 is 5.97 Å². The molecule has 6 nitrogen and oxygen atoms in total. The average molecular weight is 339 g/mol. The maximum Gasteiger partial charge on any atom is 0.328 e. The second kappa shape index (κ2) is 6.31. The third-order valence-corrected chi connectivity index (χ3v) is 6.43. The highest BCUT2D eigenvalue weighted by Gasteiger charge is 2.31. The smallest absolute Gasteiger partial charge is 0.328 e. The summed E-state index contributed by atoms with van der Waals surface area (Å²) in [7, 11) is -3.36. The van der Waals surface area contributed by atoms with Crippen LogP contribution in [0.5, 0.6) is 0 Å². The van der Waals surface area contributed by atoms with E-state index in [2.05, 4.69) is 5.32 Å². The highest BCUT2D eigenvalue weighted by Crippen LogP contribution is 2.29. The first-order valence-corrected chi connectivity index (χ1v) is 9.09. The molecule has 23 heavy (non-hydrogen) atoms. The summed E-state index contributed by atoms with van der Waals surface area (Å²) in [4.78, 5) is 23.3. The number of carbonyl (C=O) groups excluding carboxylic acids is 1. The highest BCUT2D eigenvalue weighted by molar-refractivity contribution is 7.92. The van der Waals surface area contributed by atoms with Gasteiger partial charge in [-0.2, -0.15) is 0 Å². The molecular weight excluding hydrogens is 318 g/mol. The number of rotatable bonds is 5. The van der Waals surface area contributed by atoms with Gasteiger partial charge in [0.15, 0.2) is 9.84 Å². The maximum absolute atomic E-state index is 12.5. The number of amides is 1. The molecule has 0 atom stereocenters. The van der Waals surface area contributed by atoms with Gasteiger partial charge in [-0.3, -0.25) is 4.79 Å². The SMILES string of the molecule is CC(C)(NC(=O)c1ccc(S(=O)(=O)C2CCCC2)cc1)C(=O)O. The van der Waals surface area contributed by atoms with Gasteiger partial charge in [0, 0.05) is 5.56 Å². The van der Waals surface area contributed by atoms with Crippen molar-refractivity contribution in [3.63, 3.8) is 0 Å². The summed E-state index contributed by atoms with van der Waals surface area (Å²) in [6.07, 6.45) is 3.21. The Labute approximate surface area is 135 Å². The number of sulfone groups is 1. The van der Waals surface area contributed by atoms with E-state index in [4.69, 9.17) is 5.11 Å². The van der Waals surface area contributed by atoms with Gasteiger partial charge in [-0.25, -0.2) is 13.2 Å². The Morgan fingerprint density at radius 2 is 1.65 bits per heavy atom. The molecule has 0 radical (unpaired) electrons. The molecule has 0 bridgehead atoms. The number of carbonyl (C=O) groups is 2. The van der Waals surface area contributed by atoms with Crippen molar-refractivity contribution in [3.8, 4) is 0 Å². The Kier molecular flexibility index (Phi) is 4.79. The van der Waals surface area contributed by atoms with Crippen molar-refractivity contribution in [3.05, 3.63) is 29.8 Å². The van der Waals surface area contributed by atoms with Gasteiger partial charge in [0.05, 0.1) is 10.1 Å². The van der Waals surface area contributed by atoms with Crippen molar-refractivity contribution in [2.24, 2.45) is 0 Å². The molecule has 0 saturated heterocycles. The van der Waals surface area contributed by atoms with E-state index in [0.29, 0.717) is 12.8 Å². The quantitative estimate of drug-likeness (QED) is 0.854. The second-order valence-corrected chi connectivity index (χ2v) is 8.59. The van der Waals surface area contributed by atoms with Crippen LogP contribution in [-0.4, -0.2) is 36.2 Å². The lowest BCUT2D eigenvalue weighted by Gasteiger charge is -2.21. The van der Waals surface area contributed by atoms with Crippen molar-refractivity contribution < 1.29 is 23.1 Å². The normalized spacial score (nSPS) is 16.3. The predicted octanol–water partition coefficient (Wildman–Crippen LogP) is 2.00. The van der Waals surface area contributed by atoms with E-state index < -0.39 is 27.3 Å². The molecule has 0 spiro atoms. The van der Waals surface area contributed by atoms with Crippen LogP contribution in [0.25, 0.3) is 0 Å². The van der Waals surface area contributed by atoms with E-state index in [9.17, 15) is 18.0 Å². The lowest BCUT2D eigenvalue weighted by Crippen LogP contribution is -2.49. The molecular formula is C16H21NO5S. The lowest BCUT2D eigenvalue weighted by molar-refractivity contribution is -0.143. The van der Waals surface area contributed by atoms with Crippen LogP contribution in [0.3, 0.4) is 0 Å². The summed E-state index contributed by atoms with van der Waals surface area (Å²) in [5, 5.41) is 11.1. The molecule has 126 valence electrons. The third-order valence-electron chi connectivity index (χ3n) is 4.15. The minimum absolute atomic E-state index is 0.207. The first kappa shape index (κ1) is 17.5. The fourth-order valence-corrected chi connectivity index (χ4v) is 4.45. The summed E-state index contributed by atoms with van der Waals surface area (Å²) < 4.78 is 24.9. The van der Waals surface area contributed by atoms with Crippen LogP contribution in [0.1, 0.15) is 49.9 Å². The van der Waals surface area contributed by atoms with Crippen LogP contribution in [0.2, 0.25) is 0 Å². The zero-order chi connectivity index (χ0) is 17.3. The summed E-state index contributed by atoms with van der Waals surface area (Å²) in [6, 6.07) is 5.65. The molecule has 7 heteroatoms. The molecule has 2 N–H and O–H groups in total. The van der Waals surface area contributed by atoms with Crippen LogP contribution in [0.15, 0.2) is 29.2 Å². The van der Waals surface area contributed by atoms with Crippen molar-refractivity contribution in [2.75, 3.05) is 0 Å². The zero-order valence-corrected chi connectivity index (χ0v) is 14.0. The Balaban J connectivity index is 2.16. The van der Waals surface area contributed by atoms with E-state index >= 15 is 0 Å². The molecule has 0 aromatic heterocycles. The van der Waals surface area contributed by atoms with Crippen molar-refractivity contribution >= 4 is 21.7 Å². The second-order valence-electron chi connectivity index (χ2n) is 6.36. The van der Waals surface area contributed by atoms with E-state index in [0.717, 1.165) is 12.8 Å². The third kappa shape index (κ3) is 3.72. The highest BCUT2D eigenvalue weighted by atomic mass is 32.2. The van der Waals surface area contributed by atoms with Crippen molar-refractivity contribution in [2.45, 2.75) is 55.2 Å². The van der Waals surface area contributed by atoms with Crippen molar-refractivity contribution in [1.29, 1.82) is 0 Å². The zero-order valence-electron chi connectivity index (χ0n) is 13.2. The number of carboxylic acid groups (broad SMARTS) is 1. The number of carboxylic acids is 1. The van der Waals surface area contributed by atoms with Crippen LogP contribution in [-0.2, 0) is 14.6 Å². The van der Waals surface area contributed by atoms with Crippen LogP contribution in [0.4, 0.5) is 0 Å². The standard InChI is InChI=1S/C16H21NO5S/c1-16(2,15(19)20)17-14(18)11-7-9-13(10-8-11)23(21,22)12-5-3-4-6-12/h7-10,12H,3-6H2,1-2H3,(H,17,18)(H,19,20). The fourth-order valence-electron chi connectivity index (χ4n) is 2.60. The molecule has 1 aliphatic carbocycles. The van der Waals surface area contributed by atoms with E-state index in [1.807, 2.05) is 0 Å². The number of benzene rings is 1. The van der Waals surface area contributed by atoms with Gasteiger partial charge < -0.3 is 10.4 Å². The Bertz CT molecular complexity index is 700. The number of nitrogens with one attached hydrogen (secondary N) is 1. The van der Waals surface area contributed by atoms with E-state index in [1.165, 1.54) is 38.1 Å². The van der Waals surface area contributed by atoms with Crippen LogP contribution in [0, 0.1) is 0 Å². The lowest BCUT2D eigenvalue weighted by atomic mass is 10.1. The molecule has 0 aliphatic heterocycles. The van der Waals surface area contributed by atoms with Gasteiger partial charge in [-0.05, 0) is 51.0 Å². The molecule has 0 heterocycles. The van der Waals surface area contributed by atoms with Crippen molar-refractivity contribution in [1.82, 2.24) is 5.32 Å². The Morgan fingerprint density at radius 1 is 1.13 bits per heavy atom. The largest absolute Gasteiger partial charge is 0.480 e. The monoisotopic (exact) mass is 339 g/mol. The van der Waals surface area contributed by atoms with Gasteiger partial charge in [-0.1, -0.05) is 12.8 Å². The first-order valence-electron chi connectivity index (χ1n) is 7.54. The van der Waals surface area contributed by atoms with Gasteiger partial charge in [0.1, 0.15) is 5.54 Å². The Morgan fingerprint density at radius 3 is 2.13 bits per heavy atom. The van der Waals surface area contributed by atoms with Crippen LogP contribution < -0.4 is 5.32 Å². The summed E-state index contributed by atoms with van der Waals surface area (Å²) in [6.45, 7) is 2.76. The molecule has 2 rings (SSSR count).